The molecule has 1 fully saturated rings. The molecule has 3 rings (SSSR count). The molecule has 0 atom stereocenters. The molecule has 0 saturated carbocycles. The van der Waals surface area contributed by atoms with E-state index in [1.807, 2.05) is 32.0 Å². The van der Waals surface area contributed by atoms with Crippen LogP contribution >= 0.6 is 0 Å². The molecule has 6 nitrogen and oxygen atoms in total. The van der Waals surface area contributed by atoms with E-state index in [1.165, 1.54) is 7.11 Å². The molecule has 0 spiro atoms. The van der Waals surface area contributed by atoms with E-state index in [0.29, 0.717) is 35.7 Å². The van der Waals surface area contributed by atoms with E-state index in [1.54, 1.807) is 29.2 Å². The Bertz CT molecular complexity index is 871. The first-order chi connectivity index (χ1) is 14.1. The number of para-hydroxylation sites is 1. The van der Waals surface area contributed by atoms with Gasteiger partial charge in [-0.1, -0.05) is 12.1 Å². The van der Waals surface area contributed by atoms with E-state index < -0.39 is 0 Å². The van der Waals surface area contributed by atoms with Gasteiger partial charge in [-0.05, 0) is 57.0 Å². The summed E-state index contributed by atoms with van der Waals surface area (Å²) < 4.78 is 5.29. The number of nitrogens with one attached hydrogen (secondary N) is 1. The van der Waals surface area contributed by atoms with Crippen LogP contribution in [-0.4, -0.2) is 50.0 Å². The Morgan fingerprint density at radius 1 is 1.03 bits per heavy atom. The van der Waals surface area contributed by atoms with Crippen molar-refractivity contribution in [3.63, 3.8) is 0 Å². The minimum absolute atomic E-state index is 0.00899. The van der Waals surface area contributed by atoms with Gasteiger partial charge in [0.2, 0.25) is 0 Å². The van der Waals surface area contributed by atoms with Gasteiger partial charge in [0.25, 0.3) is 11.8 Å². The molecule has 29 heavy (non-hydrogen) atoms. The van der Waals surface area contributed by atoms with Crippen molar-refractivity contribution in [1.82, 2.24) is 4.90 Å². The molecule has 1 aliphatic heterocycles. The molecule has 2 amide bonds. The fourth-order valence-corrected chi connectivity index (χ4v) is 3.73. The third-order valence-electron chi connectivity index (χ3n) is 5.33. The summed E-state index contributed by atoms with van der Waals surface area (Å²) in [4.78, 5) is 30.0. The summed E-state index contributed by atoms with van der Waals surface area (Å²) in [5.41, 5.74) is 2.62. The maximum atomic E-state index is 13.2. The molecule has 6 heteroatoms. The van der Waals surface area contributed by atoms with Crippen LogP contribution < -0.4 is 15.0 Å². The molecule has 2 aromatic rings. The van der Waals surface area contributed by atoms with Gasteiger partial charge in [-0.2, -0.15) is 0 Å². The Labute approximate surface area is 172 Å². The zero-order valence-electron chi connectivity index (χ0n) is 17.4. The van der Waals surface area contributed by atoms with Gasteiger partial charge in [-0.25, -0.2) is 0 Å². The summed E-state index contributed by atoms with van der Waals surface area (Å²) in [5.74, 6) is 0.237. The van der Waals surface area contributed by atoms with E-state index >= 15 is 0 Å². The molecule has 2 aromatic carbocycles. The Morgan fingerprint density at radius 2 is 1.72 bits per heavy atom. The Balaban J connectivity index is 1.92. The third kappa shape index (κ3) is 4.53. The second kappa shape index (κ2) is 9.45. The van der Waals surface area contributed by atoms with Crippen LogP contribution in [0.4, 0.5) is 11.4 Å². The lowest BCUT2D eigenvalue weighted by atomic mass is 10.1. The molecule has 1 N–H and O–H groups in total. The summed E-state index contributed by atoms with van der Waals surface area (Å²) in [6.07, 6.45) is 2.26. The van der Waals surface area contributed by atoms with Crippen LogP contribution in [0.2, 0.25) is 0 Å². The van der Waals surface area contributed by atoms with Crippen LogP contribution in [0.1, 0.15) is 47.4 Å². The average Bonchev–Trinajstić information content (AvgIpc) is 3.29. The summed E-state index contributed by atoms with van der Waals surface area (Å²) in [6, 6.07) is 12.7. The Hall–Kier alpha value is -3.02. The minimum atomic E-state index is -0.266. The highest BCUT2D eigenvalue weighted by Crippen LogP contribution is 2.29. The molecule has 0 radical (unpaired) electrons. The topological polar surface area (TPSA) is 61.9 Å². The average molecular weight is 396 g/mol. The van der Waals surface area contributed by atoms with Crippen LogP contribution in [0.15, 0.2) is 42.5 Å². The zero-order valence-corrected chi connectivity index (χ0v) is 17.4. The smallest absolute Gasteiger partial charge is 0.259 e. The van der Waals surface area contributed by atoms with Gasteiger partial charge < -0.3 is 19.9 Å². The van der Waals surface area contributed by atoms with Crippen molar-refractivity contribution >= 4 is 23.2 Å². The second-order valence-corrected chi connectivity index (χ2v) is 7.06. The minimum Gasteiger partial charge on any atom is -0.496 e. The van der Waals surface area contributed by atoms with Crippen LogP contribution in [0.5, 0.6) is 5.75 Å². The van der Waals surface area contributed by atoms with E-state index in [4.69, 9.17) is 4.74 Å². The third-order valence-corrected chi connectivity index (χ3v) is 5.33. The van der Waals surface area contributed by atoms with E-state index in [2.05, 4.69) is 10.2 Å². The highest BCUT2D eigenvalue weighted by Gasteiger charge is 2.23. The quantitative estimate of drug-likeness (QED) is 0.769. The number of benzene rings is 2. The highest BCUT2D eigenvalue weighted by molar-refractivity contribution is 6.07. The number of amides is 2. The SMILES string of the molecule is CCN(CC)C(=O)c1cc(NC(=O)c2ccccc2OC)ccc1N1CCCC1. The van der Waals surface area contributed by atoms with Crippen LogP contribution in [0, 0.1) is 0 Å². The first-order valence-electron chi connectivity index (χ1n) is 10.2. The number of carbonyl (C=O) groups is 2. The molecule has 0 bridgehead atoms. The van der Waals surface area contributed by atoms with Crippen molar-refractivity contribution in [2.75, 3.05) is 43.5 Å². The standard InChI is InChI=1S/C23H29N3O3/c1-4-25(5-2)23(28)19-16-17(12-13-20(19)26-14-8-9-15-26)24-22(27)18-10-6-7-11-21(18)29-3/h6-7,10-13,16H,4-5,8-9,14-15H2,1-3H3,(H,24,27). The van der Waals surface area contributed by atoms with Gasteiger partial charge in [0.15, 0.2) is 0 Å². The van der Waals surface area contributed by atoms with E-state index in [0.717, 1.165) is 31.6 Å². The Kier molecular flexibility index (Phi) is 6.75. The van der Waals surface area contributed by atoms with Crippen molar-refractivity contribution in [3.05, 3.63) is 53.6 Å². The zero-order chi connectivity index (χ0) is 20.8. The number of hydrogen-bond acceptors (Lipinski definition) is 4. The molecule has 154 valence electrons. The molecule has 1 heterocycles. The largest absolute Gasteiger partial charge is 0.496 e. The van der Waals surface area contributed by atoms with Crippen molar-refractivity contribution in [1.29, 1.82) is 0 Å². The lowest BCUT2D eigenvalue weighted by Gasteiger charge is -2.25. The molecule has 0 aliphatic carbocycles. The van der Waals surface area contributed by atoms with Gasteiger partial charge in [-0.15, -0.1) is 0 Å². The highest BCUT2D eigenvalue weighted by atomic mass is 16.5. The summed E-state index contributed by atoms with van der Waals surface area (Å²) in [7, 11) is 1.54. The molecule has 1 aliphatic rings. The molecular weight excluding hydrogens is 366 g/mol. The van der Waals surface area contributed by atoms with E-state index in [9.17, 15) is 9.59 Å². The molecule has 0 aromatic heterocycles. The fraction of sp³-hybridized carbons (Fsp3) is 0.391. The summed E-state index contributed by atoms with van der Waals surface area (Å²) >= 11 is 0. The number of nitrogens with zero attached hydrogens (tertiary/aromatic N) is 2. The lowest BCUT2D eigenvalue weighted by Crippen LogP contribution is -2.32. The van der Waals surface area contributed by atoms with Crippen molar-refractivity contribution in [3.8, 4) is 5.75 Å². The molecular formula is C23H29N3O3. The first kappa shape index (κ1) is 20.7. The number of hydrogen-bond donors (Lipinski definition) is 1. The van der Waals surface area contributed by atoms with Crippen molar-refractivity contribution in [2.24, 2.45) is 0 Å². The predicted octanol–water partition coefficient (Wildman–Crippen LogP) is 4.03. The number of carbonyl (C=O) groups excluding carboxylic acids is 2. The van der Waals surface area contributed by atoms with Gasteiger partial charge in [0.1, 0.15) is 5.75 Å². The van der Waals surface area contributed by atoms with E-state index in [-0.39, 0.29) is 11.8 Å². The second-order valence-electron chi connectivity index (χ2n) is 7.06. The maximum Gasteiger partial charge on any atom is 0.259 e. The van der Waals surface area contributed by atoms with Gasteiger partial charge >= 0.3 is 0 Å². The normalized spacial score (nSPS) is 13.3. The van der Waals surface area contributed by atoms with Crippen molar-refractivity contribution in [2.45, 2.75) is 26.7 Å². The fourth-order valence-electron chi connectivity index (χ4n) is 3.73. The predicted molar refractivity (Wildman–Crippen MR) is 116 cm³/mol. The number of rotatable bonds is 7. The van der Waals surface area contributed by atoms with Crippen LogP contribution in [-0.2, 0) is 0 Å². The van der Waals surface area contributed by atoms with Gasteiger partial charge in [0.05, 0.1) is 18.2 Å². The summed E-state index contributed by atoms with van der Waals surface area (Å²) in [5, 5.41) is 2.91. The maximum absolute atomic E-state index is 13.2. The van der Waals surface area contributed by atoms with Gasteiger partial charge in [-0.3, -0.25) is 9.59 Å². The molecule has 0 unspecified atom stereocenters. The Morgan fingerprint density at radius 3 is 2.38 bits per heavy atom. The number of ether oxygens (including phenoxy) is 1. The monoisotopic (exact) mass is 395 g/mol. The van der Waals surface area contributed by atoms with Crippen molar-refractivity contribution < 1.29 is 14.3 Å². The van der Waals surface area contributed by atoms with Crippen LogP contribution in [0.25, 0.3) is 0 Å². The lowest BCUT2D eigenvalue weighted by molar-refractivity contribution is 0.0773. The van der Waals surface area contributed by atoms with Crippen LogP contribution in [0.3, 0.4) is 0 Å². The molecule has 1 saturated heterocycles. The summed E-state index contributed by atoms with van der Waals surface area (Å²) in [6.45, 7) is 7.14. The van der Waals surface area contributed by atoms with Gasteiger partial charge in [0, 0.05) is 37.6 Å². The number of methoxy groups -OCH3 is 1. The first-order valence-corrected chi connectivity index (χ1v) is 10.2. The number of anilines is 2.